The van der Waals surface area contributed by atoms with Gasteiger partial charge in [0, 0.05) is 31.8 Å². The Kier molecular flexibility index (Phi) is 4.83. The average molecular weight is 357 g/mol. The van der Waals surface area contributed by atoms with Gasteiger partial charge in [0.15, 0.2) is 11.5 Å². The molecule has 0 bridgehead atoms. The van der Waals surface area contributed by atoms with Crippen molar-refractivity contribution < 1.29 is 14.3 Å². The zero-order valence-corrected chi connectivity index (χ0v) is 14.6. The summed E-state index contributed by atoms with van der Waals surface area (Å²) in [6.45, 7) is 2.25. The molecule has 2 aromatic heterocycles. The number of hydrogen-bond acceptors (Lipinski definition) is 5. The van der Waals surface area contributed by atoms with Crippen molar-refractivity contribution in [1.82, 2.24) is 24.8 Å². The van der Waals surface area contributed by atoms with Crippen molar-refractivity contribution in [2.75, 3.05) is 19.7 Å². The molecule has 4 heterocycles. The molecule has 2 aliphatic rings. The number of pyridine rings is 1. The summed E-state index contributed by atoms with van der Waals surface area (Å²) in [7, 11) is 0. The minimum absolute atomic E-state index is 0.0156. The first-order valence-corrected chi connectivity index (χ1v) is 9.19. The van der Waals surface area contributed by atoms with Crippen molar-refractivity contribution in [2.24, 2.45) is 5.92 Å². The predicted octanol–water partition coefficient (Wildman–Crippen LogP) is 0.763. The molecule has 0 aromatic carbocycles. The zero-order chi connectivity index (χ0) is 17.9. The average Bonchev–Trinajstić information content (AvgIpc) is 3.36. The van der Waals surface area contributed by atoms with Gasteiger partial charge in [-0.25, -0.2) is 0 Å². The van der Waals surface area contributed by atoms with Crippen LogP contribution < -0.4 is 5.32 Å². The smallest absolute Gasteiger partial charge is 0.251 e. The van der Waals surface area contributed by atoms with E-state index in [4.69, 9.17) is 4.74 Å². The summed E-state index contributed by atoms with van der Waals surface area (Å²) >= 11 is 0. The van der Waals surface area contributed by atoms with Crippen LogP contribution >= 0.6 is 0 Å². The Balaban J connectivity index is 1.27. The topological polar surface area (TPSA) is 88.8 Å². The Morgan fingerprint density at radius 1 is 1.19 bits per heavy atom. The molecule has 2 aliphatic heterocycles. The first-order chi connectivity index (χ1) is 12.7. The number of carbonyl (C=O) groups is 2. The molecular formula is C18H23N5O3. The third-order valence-electron chi connectivity index (χ3n) is 5.19. The molecule has 0 saturated carbocycles. The highest BCUT2D eigenvalue weighted by atomic mass is 16.5. The molecule has 0 radical (unpaired) electrons. The number of likely N-dealkylation sites (tertiary alicyclic amines) is 1. The summed E-state index contributed by atoms with van der Waals surface area (Å²) in [5.41, 5.74) is 0.762. The lowest BCUT2D eigenvalue weighted by Gasteiger charge is -2.32. The molecule has 138 valence electrons. The fourth-order valence-corrected chi connectivity index (χ4v) is 3.66. The molecule has 1 N–H and O–H groups in total. The van der Waals surface area contributed by atoms with Crippen LogP contribution in [0.5, 0.6) is 0 Å². The minimum Gasteiger partial charge on any atom is -0.368 e. The molecule has 2 aromatic rings. The fraction of sp³-hybridized carbons (Fsp3) is 0.556. The Labute approximate surface area is 151 Å². The Hall–Kier alpha value is -2.48. The number of nitrogens with one attached hydrogen (secondary N) is 1. The van der Waals surface area contributed by atoms with Gasteiger partial charge in [-0.1, -0.05) is 6.07 Å². The Morgan fingerprint density at radius 2 is 2.04 bits per heavy atom. The van der Waals surface area contributed by atoms with E-state index in [1.54, 1.807) is 0 Å². The van der Waals surface area contributed by atoms with E-state index >= 15 is 0 Å². The van der Waals surface area contributed by atoms with E-state index in [-0.39, 0.29) is 23.8 Å². The van der Waals surface area contributed by atoms with Gasteiger partial charge in [0.05, 0.1) is 6.54 Å². The second-order valence-corrected chi connectivity index (χ2v) is 6.86. The second-order valence-electron chi connectivity index (χ2n) is 6.86. The molecular weight excluding hydrogens is 334 g/mol. The predicted molar refractivity (Wildman–Crippen MR) is 93.1 cm³/mol. The molecule has 0 unspecified atom stereocenters. The van der Waals surface area contributed by atoms with Gasteiger partial charge in [0.25, 0.3) is 5.91 Å². The maximum absolute atomic E-state index is 12.5. The second kappa shape index (κ2) is 7.41. The number of carbonyl (C=O) groups excluding carboxylic acids is 2. The quantitative estimate of drug-likeness (QED) is 0.873. The van der Waals surface area contributed by atoms with Gasteiger partial charge in [-0.15, -0.1) is 10.2 Å². The lowest BCUT2D eigenvalue weighted by Crippen LogP contribution is -2.46. The summed E-state index contributed by atoms with van der Waals surface area (Å²) in [6.07, 6.45) is 4.74. The highest BCUT2D eigenvalue weighted by molar-refractivity contribution is 5.82. The largest absolute Gasteiger partial charge is 0.368 e. The van der Waals surface area contributed by atoms with Crippen LogP contribution in [0, 0.1) is 5.92 Å². The van der Waals surface area contributed by atoms with Crippen LogP contribution in [0.2, 0.25) is 0 Å². The molecule has 4 rings (SSSR count). The summed E-state index contributed by atoms with van der Waals surface area (Å²) < 4.78 is 7.34. The van der Waals surface area contributed by atoms with Gasteiger partial charge in [0.1, 0.15) is 6.10 Å². The fourth-order valence-electron chi connectivity index (χ4n) is 3.66. The Bertz CT molecular complexity index is 791. The van der Waals surface area contributed by atoms with E-state index in [0.29, 0.717) is 44.9 Å². The monoisotopic (exact) mass is 357 g/mol. The first kappa shape index (κ1) is 17.0. The third-order valence-corrected chi connectivity index (χ3v) is 5.19. The van der Waals surface area contributed by atoms with E-state index in [9.17, 15) is 9.59 Å². The summed E-state index contributed by atoms with van der Waals surface area (Å²) in [5, 5.41) is 11.2. The normalized spacial score (nSPS) is 21.2. The first-order valence-electron chi connectivity index (χ1n) is 9.19. The van der Waals surface area contributed by atoms with Gasteiger partial charge in [-0.2, -0.15) is 0 Å². The number of piperidine rings is 1. The van der Waals surface area contributed by atoms with E-state index in [0.717, 1.165) is 18.5 Å². The third kappa shape index (κ3) is 3.41. The van der Waals surface area contributed by atoms with Crippen molar-refractivity contribution in [1.29, 1.82) is 0 Å². The number of nitrogens with zero attached hydrogens (tertiary/aromatic N) is 4. The molecule has 2 fully saturated rings. The van der Waals surface area contributed by atoms with Crippen LogP contribution in [0.15, 0.2) is 24.4 Å². The lowest BCUT2D eigenvalue weighted by molar-refractivity contribution is -0.143. The number of fused-ring (bicyclic) bond motifs is 1. The molecule has 2 amide bonds. The van der Waals surface area contributed by atoms with Crippen LogP contribution in [0.25, 0.3) is 5.65 Å². The van der Waals surface area contributed by atoms with Crippen LogP contribution in [0.4, 0.5) is 0 Å². The van der Waals surface area contributed by atoms with Crippen LogP contribution in [0.1, 0.15) is 31.5 Å². The Morgan fingerprint density at radius 3 is 2.81 bits per heavy atom. The van der Waals surface area contributed by atoms with Crippen LogP contribution in [-0.2, 0) is 20.9 Å². The summed E-state index contributed by atoms with van der Waals surface area (Å²) in [5.74, 6) is 0.737. The molecule has 8 heteroatoms. The van der Waals surface area contributed by atoms with Gasteiger partial charge >= 0.3 is 0 Å². The van der Waals surface area contributed by atoms with Crippen molar-refractivity contribution >= 4 is 17.5 Å². The lowest BCUT2D eigenvalue weighted by atomic mass is 9.95. The highest BCUT2D eigenvalue weighted by Gasteiger charge is 2.32. The van der Waals surface area contributed by atoms with Gasteiger partial charge in [0.2, 0.25) is 5.91 Å². The van der Waals surface area contributed by atoms with Crippen molar-refractivity contribution in [3.63, 3.8) is 0 Å². The standard InChI is InChI=1S/C18H23N5O3/c24-17(19-12-16-21-20-15-5-1-2-8-23(15)16)13-6-9-22(10-7-13)18(25)14-4-3-11-26-14/h1-2,5,8,13-14H,3-4,6-7,9-12H2,(H,19,24)/t14-/m0/s1. The summed E-state index contributed by atoms with van der Waals surface area (Å²) in [6, 6.07) is 5.68. The minimum atomic E-state index is -0.276. The SMILES string of the molecule is O=C(NCc1nnc2ccccn12)C1CCN(C(=O)[C@@H]2CCCO2)CC1. The number of rotatable bonds is 4. The van der Waals surface area contributed by atoms with E-state index < -0.39 is 0 Å². The molecule has 0 aliphatic carbocycles. The molecule has 8 nitrogen and oxygen atoms in total. The maximum Gasteiger partial charge on any atom is 0.251 e. The highest BCUT2D eigenvalue weighted by Crippen LogP contribution is 2.21. The van der Waals surface area contributed by atoms with Crippen molar-refractivity contribution in [2.45, 2.75) is 38.3 Å². The number of amides is 2. The van der Waals surface area contributed by atoms with E-state index in [2.05, 4.69) is 15.5 Å². The van der Waals surface area contributed by atoms with Crippen LogP contribution in [-0.4, -0.2) is 57.1 Å². The molecule has 26 heavy (non-hydrogen) atoms. The van der Waals surface area contributed by atoms with Gasteiger partial charge < -0.3 is 15.0 Å². The molecule has 1 atom stereocenters. The number of ether oxygens (including phenoxy) is 1. The van der Waals surface area contributed by atoms with Gasteiger partial charge in [-0.3, -0.25) is 14.0 Å². The zero-order valence-electron chi connectivity index (χ0n) is 14.6. The van der Waals surface area contributed by atoms with E-state index in [1.807, 2.05) is 33.7 Å². The molecule has 2 saturated heterocycles. The number of aromatic nitrogens is 3. The number of hydrogen-bond donors (Lipinski definition) is 1. The van der Waals surface area contributed by atoms with Crippen LogP contribution in [0.3, 0.4) is 0 Å². The van der Waals surface area contributed by atoms with Crippen molar-refractivity contribution in [3.05, 3.63) is 30.2 Å². The molecule has 0 spiro atoms. The van der Waals surface area contributed by atoms with Crippen molar-refractivity contribution in [3.8, 4) is 0 Å². The summed E-state index contributed by atoms with van der Waals surface area (Å²) in [4.78, 5) is 26.7. The van der Waals surface area contributed by atoms with E-state index in [1.165, 1.54) is 0 Å². The van der Waals surface area contributed by atoms with Gasteiger partial charge in [-0.05, 0) is 37.8 Å². The maximum atomic E-state index is 12.5.